The quantitative estimate of drug-likeness (QED) is 0.545. The number of hydrogen-bond acceptors (Lipinski definition) is 3. The largest absolute Gasteiger partial charge is 0.506 e. The molecule has 134 valence electrons. The number of aromatic amines is 1. The van der Waals surface area contributed by atoms with Gasteiger partial charge in [0.15, 0.2) is 0 Å². The van der Waals surface area contributed by atoms with Crippen LogP contribution in [0.2, 0.25) is 0 Å². The average Bonchev–Trinajstić information content (AvgIpc) is 2.87. The summed E-state index contributed by atoms with van der Waals surface area (Å²) in [6.07, 6.45) is 0. The average molecular weight is 361 g/mol. The van der Waals surface area contributed by atoms with Crippen molar-refractivity contribution in [2.24, 2.45) is 0 Å². The standard InChI is InChI=1S/C20H24N2O2.ClH/c1-11(2)21-18-9-14(8-12(3)20(18)23)19-13(4)16-10-15(24-5)6-7-17(16)22-19;/h6-11,21-23H,1-5H3;1H. The molecule has 0 atom stereocenters. The van der Waals surface area contributed by atoms with Crippen LogP contribution in [0, 0.1) is 13.8 Å². The van der Waals surface area contributed by atoms with Crippen molar-refractivity contribution in [2.45, 2.75) is 33.7 Å². The van der Waals surface area contributed by atoms with Crippen molar-refractivity contribution in [3.63, 3.8) is 0 Å². The molecule has 4 nitrogen and oxygen atoms in total. The zero-order valence-electron chi connectivity index (χ0n) is 15.2. The summed E-state index contributed by atoms with van der Waals surface area (Å²) in [7, 11) is 1.68. The lowest BCUT2D eigenvalue weighted by atomic mass is 10.0. The molecule has 1 heterocycles. The lowest BCUT2D eigenvalue weighted by Crippen LogP contribution is -2.10. The minimum absolute atomic E-state index is 0. The SMILES string of the molecule is COc1ccc2[nH]c(-c3cc(C)c(O)c(NC(C)C)c3)c(C)c2c1.Cl. The van der Waals surface area contributed by atoms with Crippen LogP contribution in [0.1, 0.15) is 25.0 Å². The smallest absolute Gasteiger partial charge is 0.141 e. The van der Waals surface area contributed by atoms with Crippen molar-refractivity contribution in [2.75, 3.05) is 12.4 Å². The van der Waals surface area contributed by atoms with Crippen LogP contribution in [0.4, 0.5) is 5.69 Å². The number of fused-ring (bicyclic) bond motifs is 1. The van der Waals surface area contributed by atoms with Crippen molar-refractivity contribution in [3.05, 3.63) is 41.5 Å². The molecular weight excluding hydrogens is 336 g/mol. The molecule has 3 rings (SSSR count). The summed E-state index contributed by atoms with van der Waals surface area (Å²) in [6.45, 7) is 8.14. The maximum absolute atomic E-state index is 10.3. The van der Waals surface area contributed by atoms with Gasteiger partial charge < -0.3 is 20.1 Å². The van der Waals surface area contributed by atoms with E-state index in [2.05, 4.69) is 31.1 Å². The predicted octanol–water partition coefficient (Wildman–Crippen LogP) is 5.41. The monoisotopic (exact) mass is 360 g/mol. The first kappa shape index (κ1) is 19.0. The highest BCUT2D eigenvalue weighted by atomic mass is 35.5. The molecule has 0 fully saturated rings. The fourth-order valence-electron chi connectivity index (χ4n) is 3.07. The molecule has 3 N–H and O–H groups in total. The highest BCUT2D eigenvalue weighted by Crippen LogP contribution is 2.37. The van der Waals surface area contributed by atoms with Gasteiger partial charge in [0.25, 0.3) is 0 Å². The number of halogens is 1. The van der Waals surface area contributed by atoms with E-state index in [1.165, 1.54) is 5.56 Å². The number of methoxy groups -OCH3 is 1. The van der Waals surface area contributed by atoms with Gasteiger partial charge in [0.05, 0.1) is 12.8 Å². The van der Waals surface area contributed by atoms with Gasteiger partial charge in [0.1, 0.15) is 11.5 Å². The Bertz CT molecular complexity index is 900. The van der Waals surface area contributed by atoms with Gasteiger partial charge in [-0.15, -0.1) is 12.4 Å². The van der Waals surface area contributed by atoms with Crippen LogP contribution in [0.5, 0.6) is 11.5 Å². The third-order valence-corrected chi connectivity index (χ3v) is 4.30. The van der Waals surface area contributed by atoms with Gasteiger partial charge in [0, 0.05) is 28.2 Å². The molecule has 5 heteroatoms. The number of anilines is 1. The van der Waals surface area contributed by atoms with Crippen molar-refractivity contribution in [1.82, 2.24) is 4.98 Å². The molecule has 2 aromatic carbocycles. The van der Waals surface area contributed by atoms with Gasteiger partial charge in [-0.25, -0.2) is 0 Å². The fraction of sp³-hybridized carbons (Fsp3) is 0.300. The van der Waals surface area contributed by atoms with Crippen molar-refractivity contribution in [3.8, 4) is 22.8 Å². The number of phenolic OH excluding ortho intramolecular Hbond substituents is 1. The van der Waals surface area contributed by atoms with Crippen molar-refractivity contribution in [1.29, 1.82) is 0 Å². The van der Waals surface area contributed by atoms with E-state index in [1.807, 2.05) is 37.3 Å². The minimum Gasteiger partial charge on any atom is -0.506 e. The lowest BCUT2D eigenvalue weighted by Gasteiger charge is -2.15. The first-order valence-electron chi connectivity index (χ1n) is 8.17. The molecule has 0 radical (unpaired) electrons. The third kappa shape index (κ3) is 3.54. The maximum atomic E-state index is 10.3. The molecule has 0 aliphatic rings. The van der Waals surface area contributed by atoms with E-state index in [0.717, 1.165) is 39.2 Å². The molecule has 0 aliphatic heterocycles. The zero-order chi connectivity index (χ0) is 17.4. The Kier molecular flexibility index (Phi) is 5.53. The van der Waals surface area contributed by atoms with Crippen LogP contribution in [-0.4, -0.2) is 23.2 Å². The first-order valence-corrected chi connectivity index (χ1v) is 8.17. The summed E-state index contributed by atoms with van der Waals surface area (Å²) in [6, 6.07) is 10.3. The maximum Gasteiger partial charge on any atom is 0.141 e. The van der Waals surface area contributed by atoms with Crippen molar-refractivity contribution >= 4 is 29.0 Å². The fourth-order valence-corrected chi connectivity index (χ4v) is 3.07. The molecular formula is C20H25ClN2O2. The van der Waals surface area contributed by atoms with E-state index in [4.69, 9.17) is 4.74 Å². The molecule has 0 unspecified atom stereocenters. The van der Waals surface area contributed by atoms with Gasteiger partial charge in [-0.3, -0.25) is 0 Å². The summed E-state index contributed by atoms with van der Waals surface area (Å²) in [4.78, 5) is 3.49. The number of rotatable bonds is 4. The van der Waals surface area contributed by atoms with Gasteiger partial charge in [-0.05, 0) is 69.2 Å². The zero-order valence-corrected chi connectivity index (χ0v) is 16.0. The normalized spacial score (nSPS) is 10.8. The van der Waals surface area contributed by atoms with E-state index in [9.17, 15) is 5.11 Å². The van der Waals surface area contributed by atoms with E-state index in [0.29, 0.717) is 5.75 Å². The van der Waals surface area contributed by atoms with Crippen LogP contribution in [-0.2, 0) is 0 Å². The molecule has 0 spiro atoms. The molecule has 3 aromatic rings. The number of hydrogen-bond donors (Lipinski definition) is 3. The van der Waals surface area contributed by atoms with Gasteiger partial charge in [-0.2, -0.15) is 0 Å². The Labute approximate surface area is 154 Å². The molecule has 1 aromatic heterocycles. The van der Waals surface area contributed by atoms with Crippen LogP contribution in [0.25, 0.3) is 22.2 Å². The second-order valence-corrected chi connectivity index (χ2v) is 6.52. The first-order chi connectivity index (χ1) is 11.4. The van der Waals surface area contributed by atoms with Crippen LogP contribution in [0.3, 0.4) is 0 Å². The Hall–Kier alpha value is -2.33. The van der Waals surface area contributed by atoms with Crippen LogP contribution < -0.4 is 10.1 Å². The number of H-pyrrole nitrogens is 1. The van der Waals surface area contributed by atoms with E-state index < -0.39 is 0 Å². The highest BCUT2D eigenvalue weighted by Gasteiger charge is 2.14. The van der Waals surface area contributed by atoms with Crippen LogP contribution in [0.15, 0.2) is 30.3 Å². The van der Waals surface area contributed by atoms with E-state index >= 15 is 0 Å². The minimum atomic E-state index is 0. The Balaban J connectivity index is 0.00000225. The second-order valence-electron chi connectivity index (χ2n) is 6.52. The molecule has 0 amide bonds. The van der Waals surface area contributed by atoms with E-state index in [-0.39, 0.29) is 18.4 Å². The van der Waals surface area contributed by atoms with E-state index in [1.54, 1.807) is 7.11 Å². The Morgan fingerprint density at radius 1 is 1.12 bits per heavy atom. The number of phenols is 1. The topological polar surface area (TPSA) is 57.3 Å². The summed E-state index contributed by atoms with van der Waals surface area (Å²) >= 11 is 0. The number of aromatic hydroxyl groups is 1. The predicted molar refractivity (Wildman–Crippen MR) is 107 cm³/mol. The van der Waals surface area contributed by atoms with Gasteiger partial charge in [-0.1, -0.05) is 0 Å². The number of benzene rings is 2. The van der Waals surface area contributed by atoms with Crippen molar-refractivity contribution < 1.29 is 9.84 Å². The molecule has 0 saturated heterocycles. The lowest BCUT2D eigenvalue weighted by molar-refractivity contribution is 0.415. The Morgan fingerprint density at radius 2 is 1.84 bits per heavy atom. The van der Waals surface area contributed by atoms with Crippen LogP contribution >= 0.6 is 12.4 Å². The second kappa shape index (κ2) is 7.28. The summed E-state index contributed by atoms with van der Waals surface area (Å²) < 4.78 is 5.33. The molecule has 0 bridgehead atoms. The molecule has 0 aliphatic carbocycles. The number of aryl methyl sites for hydroxylation is 2. The molecule has 0 saturated carbocycles. The number of aromatic nitrogens is 1. The summed E-state index contributed by atoms with van der Waals surface area (Å²) in [5.74, 6) is 1.16. The van der Waals surface area contributed by atoms with Gasteiger partial charge in [0.2, 0.25) is 0 Å². The summed E-state index contributed by atoms with van der Waals surface area (Å²) in [5.41, 5.74) is 5.98. The number of ether oxygens (including phenoxy) is 1. The molecule has 25 heavy (non-hydrogen) atoms. The third-order valence-electron chi connectivity index (χ3n) is 4.30. The Morgan fingerprint density at radius 3 is 2.48 bits per heavy atom. The number of nitrogens with one attached hydrogen (secondary N) is 2. The summed E-state index contributed by atoms with van der Waals surface area (Å²) in [5, 5.41) is 14.8. The highest BCUT2D eigenvalue weighted by molar-refractivity contribution is 5.92. The van der Waals surface area contributed by atoms with Gasteiger partial charge >= 0.3 is 0 Å².